The van der Waals surface area contributed by atoms with Crippen LogP contribution in [0.3, 0.4) is 0 Å². The summed E-state index contributed by atoms with van der Waals surface area (Å²) < 4.78 is 27.2. The molecule has 3 aromatic rings. The van der Waals surface area contributed by atoms with Crippen molar-refractivity contribution in [3.8, 4) is 0 Å². The molecule has 2 aromatic heterocycles. The van der Waals surface area contributed by atoms with Gasteiger partial charge in [-0.25, -0.2) is 13.8 Å². The van der Waals surface area contributed by atoms with Crippen molar-refractivity contribution in [1.82, 2.24) is 15.3 Å². The van der Waals surface area contributed by atoms with Crippen molar-refractivity contribution < 1.29 is 8.78 Å². The SMILES string of the molecule is C[C@H]1CCc2c(sc3nc([C@@H](C)N[C@@H](C)c4ccc(F)cc4F)[nH]c(=O)c23)C1. The van der Waals surface area contributed by atoms with Crippen LogP contribution in [0.5, 0.6) is 0 Å². The summed E-state index contributed by atoms with van der Waals surface area (Å²) in [4.78, 5) is 22.4. The first kappa shape index (κ1) is 19.2. The lowest BCUT2D eigenvalue weighted by Gasteiger charge is -2.20. The van der Waals surface area contributed by atoms with Crippen LogP contribution in [0, 0.1) is 17.6 Å². The van der Waals surface area contributed by atoms with Gasteiger partial charge in [0, 0.05) is 22.5 Å². The van der Waals surface area contributed by atoms with Gasteiger partial charge in [-0.05, 0) is 50.7 Å². The molecule has 4 rings (SSSR count). The molecule has 1 aromatic carbocycles. The van der Waals surface area contributed by atoms with E-state index in [1.54, 1.807) is 18.3 Å². The first-order valence-corrected chi connectivity index (χ1v) is 10.4. The minimum atomic E-state index is -0.603. The van der Waals surface area contributed by atoms with Crippen LogP contribution in [0.15, 0.2) is 23.0 Å². The molecule has 0 aliphatic heterocycles. The van der Waals surface area contributed by atoms with Crippen LogP contribution >= 0.6 is 11.3 Å². The van der Waals surface area contributed by atoms with Crippen molar-refractivity contribution in [2.75, 3.05) is 0 Å². The van der Waals surface area contributed by atoms with Crippen molar-refractivity contribution in [2.24, 2.45) is 5.92 Å². The second-order valence-electron chi connectivity index (χ2n) is 7.76. The first-order valence-electron chi connectivity index (χ1n) is 9.59. The highest BCUT2D eigenvalue weighted by molar-refractivity contribution is 7.18. The standard InChI is InChI=1S/C21H23F2N3OS/c1-10-4-6-15-17(8-10)28-21-18(15)20(27)25-19(26-21)12(3)24-11(2)14-7-5-13(22)9-16(14)23/h5,7,9-12,24H,4,6,8H2,1-3H3,(H,25,26,27)/t10-,11-,12+/m0/s1. The van der Waals surface area contributed by atoms with Gasteiger partial charge in [-0.15, -0.1) is 11.3 Å². The van der Waals surface area contributed by atoms with Gasteiger partial charge in [-0.3, -0.25) is 4.79 Å². The molecule has 0 bridgehead atoms. The molecule has 2 heterocycles. The van der Waals surface area contributed by atoms with Crippen LogP contribution in [0.4, 0.5) is 8.78 Å². The number of aromatic amines is 1. The molecule has 3 atom stereocenters. The van der Waals surface area contributed by atoms with E-state index in [1.807, 2.05) is 6.92 Å². The van der Waals surface area contributed by atoms with Crippen LogP contribution in [-0.2, 0) is 12.8 Å². The molecular weight excluding hydrogens is 380 g/mol. The Morgan fingerprint density at radius 1 is 1.29 bits per heavy atom. The number of hydrogen-bond donors (Lipinski definition) is 2. The fourth-order valence-electron chi connectivity index (χ4n) is 3.97. The van der Waals surface area contributed by atoms with E-state index in [9.17, 15) is 13.6 Å². The maximum atomic E-state index is 14.0. The number of thiophene rings is 1. The summed E-state index contributed by atoms with van der Waals surface area (Å²) in [6.07, 6.45) is 3.02. The fraction of sp³-hybridized carbons (Fsp3) is 0.429. The van der Waals surface area contributed by atoms with Crippen molar-refractivity contribution >= 4 is 21.6 Å². The third-order valence-electron chi connectivity index (χ3n) is 5.52. The van der Waals surface area contributed by atoms with Gasteiger partial charge in [0.25, 0.3) is 5.56 Å². The van der Waals surface area contributed by atoms with E-state index in [0.29, 0.717) is 17.3 Å². The maximum Gasteiger partial charge on any atom is 0.259 e. The van der Waals surface area contributed by atoms with Gasteiger partial charge >= 0.3 is 0 Å². The molecule has 0 fully saturated rings. The number of nitrogens with zero attached hydrogens (tertiary/aromatic N) is 1. The van der Waals surface area contributed by atoms with Gasteiger partial charge in [0.2, 0.25) is 0 Å². The van der Waals surface area contributed by atoms with Crippen molar-refractivity contribution in [2.45, 2.75) is 52.1 Å². The fourth-order valence-corrected chi connectivity index (χ4v) is 5.36. The molecule has 0 unspecified atom stereocenters. The van der Waals surface area contributed by atoms with Crippen LogP contribution < -0.4 is 10.9 Å². The summed E-state index contributed by atoms with van der Waals surface area (Å²) in [5, 5.41) is 3.97. The Balaban J connectivity index is 1.62. The summed E-state index contributed by atoms with van der Waals surface area (Å²) in [5.41, 5.74) is 1.42. The van der Waals surface area contributed by atoms with Crippen molar-refractivity contribution in [3.05, 3.63) is 62.0 Å². The highest BCUT2D eigenvalue weighted by Crippen LogP contribution is 2.36. The lowest BCUT2D eigenvalue weighted by molar-refractivity contribution is 0.457. The maximum absolute atomic E-state index is 14.0. The number of fused-ring (bicyclic) bond motifs is 3. The largest absolute Gasteiger partial charge is 0.309 e. The smallest absolute Gasteiger partial charge is 0.259 e. The predicted molar refractivity (Wildman–Crippen MR) is 108 cm³/mol. The predicted octanol–water partition coefficient (Wildman–Crippen LogP) is 4.80. The normalized spacial score (nSPS) is 18.8. The Bertz CT molecular complexity index is 1090. The first-order chi connectivity index (χ1) is 13.3. The Morgan fingerprint density at radius 3 is 2.82 bits per heavy atom. The van der Waals surface area contributed by atoms with E-state index in [0.717, 1.165) is 41.1 Å². The van der Waals surface area contributed by atoms with E-state index < -0.39 is 11.6 Å². The van der Waals surface area contributed by atoms with E-state index in [-0.39, 0.29) is 17.6 Å². The number of nitrogens with one attached hydrogen (secondary N) is 2. The molecule has 4 nitrogen and oxygen atoms in total. The average Bonchev–Trinajstić information content (AvgIpc) is 2.99. The van der Waals surface area contributed by atoms with Crippen LogP contribution in [0.2, 0.25) is 0 Å². The summed E-state index contributed by atoms with van der Waals surface area (Å²) in [7, 11) is 0. The summed E-state index contributed by atoms with van der Waals surface area (Å²) >= 11 is 1.61. The molecule has 7 heteroatoms. The van der Waals surface area contributed by atoms with Gasteiger partial charge in [0.1, 0.15) is 22.3 Å². The molecule has 0 spiro atoms. The van der Waals surface area contributed by atoms with E-state index in [1.165, 1.54) is 17.0 Å². The number of H-pyrrole nitrogens is 1. The average molecular weight is 403 g/mol. The van der Waals surface area contributed by atoms with Crippen molar-refractivity contribution in [3.63, 3.8) is 0 Å². The van der Waals surface area contributed by atoms with Gasteiger partial charge in [0.15, 0.2) is 0 Å². The molecule has 28 heavy (non-hydrogen) atoms. The van der Waals surface area contributed by atoms with E-state index in [4.69, 9.17) is 4.98 Å². The van der Waals surface area contributed by atoms with Gasteiger partial charge in [-0.2, -0.15) is 0 Å². The third kappa shape index (κ3) is 3.49. The van der Waals surface area contributed by atoms with Crippen LogP contribution in [0.1, 0.15) is 61.1 Å². The zero-order valence-corrected chi connectivity index (χ0v) is 16.9. The number of aryl methyl sites for hydroxylation is 1. The lowest BCUT2D eigenvalue weighted by atomic mass is 9.89. The Kier molecular flexibility index (Phi) is 5.05. The molecule has 1 aliphatic rings. The molecule has 2 N–H and O–H groups in total. The molecule has 0 amide bonds. The zero-order valence-electron chi connectivity index (χ0n) is 16.1. The van der Waals surface area contributed by atoms with E-state index in [2.05, 4.69) is 17.2 Å². The van der Waals surface area contributed by atoms with Gasteiger partial charge < -0.3 is 10.3 Å². The highest BCUT2D eigenvalue weighted by Gasteiger charge is 2.24. The van der Waals surface area contributed by atoms with Gasteiger partial charge in [0.05, 0.1) is 11.4 Å². The number of hydrogen-bond acceptors (Lipinski definition) is 4. The monoisotopic (exact) mass is 403 g/mol. The highest BCUT2D eigenvalue weighted by atomic mass is 32.1. The topological polar surface area (TPSA) is 57.8 Å². The van der Waals surface area contributed by atoms with Crippen LogP contribution in [-0.4, -0.2) is 9.97 Å². The minimum Gasteiger partial charge on any atom is -0.309 e. The van der Waals surface area contributed by atoms with Crippen LogP contribution in [0.25, 0.3) is 10.2 Å². The molecule has 0 radical (unpaired) electrons. The summed E-state index contributed by atoms with van der Waals surface area (Å²) in [6, 6.07) is 2.89. The number of benzene rings is 1. The summed E-state index contributed by atoms with van der Waals surface area (Å²) in [5.74, 6) is -0.0391. The van der Waals surface area contributed by atoms with E-state index >= 15 is 0 Å². The third-order valence-corrected chi connectivity index (χ3v) is 6.67. The zero-order chi connectivity index (χ0) is 20.0. The molecule has 0 saturated heterocycles. The molecule has 148 valence electrons. The quantitative estimate of drug-likeness (QED) is 0.658. The van der Waals surface area contributed by atoms with Gasteiger partial charge in [-0.1, -0.05) is 13.0 Å². The Hall–Kier alpha value is -2.12. The number of halogens is 2. The van der Waals surface area contributed by atoms with Crippen molar-refractivity contribution in [1.29, 1.82) is 0 Å². The summed E-state index contributed by atoms with van der Waals surface area (Å²) in [6.45, 7) is 5.91. The lowest BCUT2D eigenvalue weighted by Crippen LogP contribution is -2.26. The molecular formula is C21H23F2N3OS. The number of rotatable bonds is 4. The second-order valence-corrected chi connectivity index (χ2v) is 8.84. The Labute approximate surface area is 166 Å². The second kappa shape index (κ2) is 7.37. The minimum absolute atomic E-state index is 0.110. The Morgan fingerprint density at radius 2 is 2.07 bits per heavy atom. The number of aromatic nitrogens is 2. The molecule has 0 saturated carbocycles. The molecule has 1 aliphatic carbocycles.